The Labute approximate surface area is 151 Å². The predicted molar refractivity (Wildman–Crippen MR) is 106 cm³/mol. The summed E-state index contributed by atoms with van der Waals surface area (Å²) < 4.78 is 0. The molecule has 0 amide bonds. The third-order valence-corrected chi connectivity index (χ3v) is 6.24. The average Bonchev–Trinajstić information content (AvgIpc) is 2.67. The van der Waals surface area contributed by atoms with E-state index >= 15 is 0 Å². The molecule has 1 aromatic carbocycles. The minimum atomic E-state index is 0.444. The van der Waals surface area contributed by atoms with Crippen molar-refractivity contribution in [2.45, 2.75) is 0 Å². The number of allylic oxidation sites excluding steroid dienone is 12. The Morgan fingerprint density at radius 3 is 2.36 bits per heavy atom. The first-order chi connectivity index (χ1) is 12.3. The highest BCUT2D eigenvalue weighted by Gasteiger charge is 2.44. The molecule has 120 valence electrons. The summed E-state index contributed by atoms with van der Waals surface area (Å²) in [6.07, 6.45) is 25.8. The Hall–Kier alpha value is -2.28. The molecule has 4 aliphatic rings. The van der Waals surface area contributed by atoms with Crippen LogP contribution in [0.4, 0.5) is 0 Å². The molecule has 0 aliphatic heterocycles. The van der Waals surface area contributed by atoms with E-state index in [1.54, 1.807) is 0 Å². The smallest absolute Gasteiger partial charge is 0.0961 e. The highest BCUT2D eigenvalue weighted by molar-refractivity contribution is 6.32. The van der Waals surface area contributed by atoms with Gasteiger partial charge < -0.3 is 0 Å². The zero-order chi connectivity index (χ0) is 16.8. The van der Waals surface area contributed by atoms with Gasteiger partial charge >= 0.3 is 0 Å². The molecule has 0 aromatic heterocycles. The molecule has 0 saturated carbocycles. The summed E-state index contributed by atoms with van der Waals surface area (Å²) >= 11 is 0. The second-order valence-corrected chi connectivity index (χ2v) is 7.58. The van der Waals surface area contributed by atoms with E-state index in [2.05, 4.69) is 85.0 Å². The monoisotopic (exact) mass is 320 g/mol. The molecule has 25 heavy (non-hydrogen) atoms. The van der Waals surface area contributed by atoms with Gasteiger partial charge in [-0.2, -0.15) is 0 Å². The fourth-order valence-electron chi connectivity index (χ4n) is 5.17. The number of hydrogen-bond donors (Lipinski definition) is 0. The molecule has 4 aliphatic carbocycles. The van der Waals surface area contributed by atoms with Gasteiger partial charge in [0, 0.05) is 11.8 Å². The van der Waals surface area contributed by atoms with Crippen molar-refractivity contribution in [3.8, 4) is 0 Å². The summed E-state index contributed by atoms with van der Waals surface area (Å²) in [7, 11) is 6.06. The molecule has 6 unspecified atom stereocenters. The van der Waals surface area contributed by atoms with Crippen LogP contribution in [0.15, 0.2) is 91.1 Å². The average molecular weight is 320 g/mol. The molecule has 1 aromatic rings. The van der Waals surface area contributed by atoms with Crippen LogP contribution in [-0.4, -0.2) is 7.85 Å². The van der Waals surface area contributed by atoms with E-state index < -0.39 is 0 Å². The lowest BCUT2D eigenvalue weighted by molar-refractivity contribution is 0.195. The van der Waals surface area contributed by atoms with Crippen LogP contribution < -0.4 is 5.46 Å². The van der Waals surface area contributed by atoms with Crippen LogP contribution in [0, 0.1) is 35.5 Å². The second-order valence-electron chi connectivity index (χ2n) is 7.58. The van der Waals surface area contributed by atoms with Crippen LogP contribution in [-0.2, 0) is 0 Å². The summed E-state index contributed by atoms with van der Waals surface area (Å²) in [6.45, 7) is 0. The van der Waals surface area contributed by atoms with Gasteiger partial charge in [-0.25, -0.2) is 0 Å². The topological polar surface area (TPSA) is 0 Å². The maximum atomic E-state index is 6.06. The first kappa shape index (κ1) is 15.0. The fourth-order valence-corrected chi connectivity index (χ4v) is 5.17. The van der Waals surface area contributed by atoms with Gasteiger partial charge in [-0.1, -0.05) is 96.6 Å². The predicted octanol–water partition coefficient (Wildman–Crippen LogP) is 4.40. The van der Waals surface area contributed by atoms with Crippen molar-refractivity contribution in [1.82, 2.24) is 0 Å². The van der Waals surface area contributed by atoms with E-state index in [0.29, 0.717) is 35.5 Å². The van der Waals surface area contributed by atoms with E-state index in [9.17, 15) is 0 Å². The number of hydrogen-bond acceptors (Lipinski definition) is 0. The molecule has 0 nitrogen and oxygen atoms in total. The lowest BCUT2D eigenvalue weighted by Crippen LogP contribution is -2.40. The summed E-state index contributed by atoms with van der Waals surface area (Å²) in [5.41, 5.74) is 3.53. The Balaban J connectivity index is 1.64. The SMILES string of the molecule is [B]c1cccc(C2=CC3C=CC4C=CC=CC4C3C3C=CC=CC23)c1. The number of fused-ring (bicyclic) bond motifs is 5. The van der Waals surface area contributed by atoms with Gasteiger partial charge in [-0.3, -0.25) is 0 Å². The van der Waals surface area contributed by atoms with E-state index in [0.717, 1.165) is 5.46 Å². The van der Waals surface area contributed by atoms with Crippen molar-refractivity contribution in [1.29, 1.82) is 0 Å². The summed E-state index contributed by atoms with van der Waals surface area (Å²) in [5, 5.41) is 0. The largest absolute Gasteiger partial charge is 0.113 e. The van der Waals surface area contributed by atoms with Crippen molar-refractivity contribution < 1.29 is 0 Å². The summed E-state index contributed by atoms with van der Waals surface area (Å²) in [6, 6.07) is 8.35. The Bertz CT molecular complexity index is 864. The van der Waals surface area contributed by atoms with Crippen LogP contribution in [0.2, 0.25) is 0 Å². The molecule has 0 heterocycles. The molecule has 0 saturated heterocycles. The van der Waals surface area contributed by atoms with Crippen LogP contribution in [0.1, 0.15) is 5.56 Å². The van der Waals surface area contributed by atoms with E-state index in [-0.39, 0.29) is 0 Å². The highest BCUT2D eigenvalue weighted by atomic mass is 14.5. The van der Waals surface area contributed by atoms with Crippen LogP contribution >= 0.6 is 0 Å². The number of rotatable bonds is 1. The van der Waals surface area contributed by atoms with Crippen molar-refractivity contribution in [3.63, 3.8) is 0 Å². The first-order valence-corrected chi connectivity index (χ1v) is 9.27. The van der Waals surface area contributed by atoms with Crippen molar-refractivity contribution in [3.05, 3.63) is 96.7 Å². The van der Waals surface area contributed by atoms with Gasteiger partial charge in [0.2, 0.25) is 0 Å². The van der Waals surface area contributed by atoms with Gasteiger partial charge in [-0.15, -0.1) is 0 Å². The van der Waals surface area contributed by atoms with Crippen molar-refractivity contribution >= 4 is 18.9 Å². The highest BCUT2D eigenvalue weighted by Crippen LogP contribution is 2.52. The molecular formula is C24H21B. The first-order valence-electron chi connectivity index (χ1n) is 9.27. The standard InChI is InChI=1S/C24H21B/c25-19-8-5-7-17(14-19)23-15-18-13-12-16-6-1-2-9-20(16)24(18)22-11-4-3-10-21(22)23/h1-16,18,20-22,24H. The van der Waals surface area contributed by atoms with Crippen LogP contribution in [0.5, 0.6) is 0 Å². The fraction of sp³-hybridized carbons (Fsp3) is 0.250. The molecule has 0 N–H and O–H groups in total. The Kier molecular flexibility index (Phi) is 3.55. The van der Waals surface area contributed by atoms with Crippen LogP contribution in [0.25, 0.3) is 5.57 Å². The van der Waals surface area contributed by atoms with Gasteiger partial charge in [-0.05, 0) is 34.8 Å². The van der Waals surface area contributed by atoms with Crippen molar-refractivity contribution in [2.24, 2.45) is 35.5 Å². The molecule has 0 spiro atoms. The van der Waals surface area contributed by atoms with E-state index in [1.807, 2.05) is 6.07 Å². The molecule has 0 fully saturated rings. The molecule has 0 bridgehead atoms. The third-order valence-electron chi connectivity index (χ3n) is 6.24. The maximum absolute atomic E-state index is 6.06. The third kappa shape index (κ3) is 2.45. The zero-order valence-electron chi connectivity index (χ0n) is 14.2. The van der Waals surface area contributed by atoms with Gasteiger partial charge in [0.05, 0.1) is 0 Å². The molecule has 1 heteroatoms. The quantitative estimate of drug-likeness (QED) is 0.531. The van der Waals surface area contributed by atoms with E-state index in [1.165, 1.54) is 11.1 Å². The minimum Gasteiger partial charge on any atom is -0.0961 e. The minimum absolute atomic E-state index is 0.444. The maximum Gasteiger partial charge on any atom is 0.113 e. The summed E-state index contributed by atoms with van der Waals surface area (Å²) in [5.74, 6) is 3.26. The zero-order valence-corrected chi connectivity index (χ0v) is 14.2. The number of benzene rings is 1. The Morgan fingerprint density at radius 2 is 1.48 bits per heavy atom. The van der Waals surface area contributed by atoms with Crippen molar-refractivity contribution in [2.75, 3.05) is 0 Å². The molecule has 6 atom stereocenters. The van der Waals surface area contributed by atoms with Gasteiger partial charge in [0.1, 0.15) is 7.85 Å². The Morgan fingerprint density at radius 1 is 0.720 bits per heavy atom. The summed E-state index contributed by atoms with van der Waals surface area (Å²) in [4.78, 5) is 0. The molecule has 5 rings (SSSR count). The normalized spacial score (nSPS) is 37.2. The van der Waals surface area contributed by atoms with Gasteiger partial charge in [0.15, 0.2) is 0 Å². The van der Waals surface area contributed by atoms with E-state index in [4.69, 9.17) is 7.85 Å². The van der Waals surface area contributed by atoms with Gasteiger partial charge in [0.25, 0.3) is 0 Å². The molecular weight excluding hydrogens is 299 g/mol. The lowest BCUT2D eigenvalue weighted by atomic mass is 9.56. The molecule has 2 radical (unpaired) electrons. The van der Waals surface area contributed by atoms with Crippen LogP contribution in [0.3, 0.4) is 0 Å². The second kappa shape index (κ2) is 5.91. The lowest BCUT2D eigenvalue weighted by Gasteiger charge is -2.47.